The molecule has 162 valence electrons. The molecule has 1 atom stereocenters. The number of rotatable bonds is 8. The molecule has 2 heterocycles. The maximum Gasteiger partial charge on any atom is 0.227 e. The molecule has 0 bridgehead atoms. The van der Waals surface area contributed by atoms with Gasteiger partial charge in [-0.05, 0) is 44.5 Å². The van der Waals surface area contributed by atoms with E-state index >= 15 is 0 Å². The smallest absolute Gasteiger partial charge is 0.227 e. The molecule has 31 heavy (non-hydrogen) atoms. The second-order valence-electron chi connectivity index (χ2n) is 7.75. The fraction of sp³-hybridized carbons (Fsp3) is 0.375. The number of carbonyl (C=O) groups is 2. The summed E-state index contributed by atoms with van der Waals surface area (Å²) in [6.45, 7) is 6.15. The van der Waals surface area contributed by atoms with Crippen LogP contribution in [0.3, 0.4) is 0 Å². The highest BCUT2D eigenvalue weighted by Gasteiger charge is 2.36. The van der Waals surface area contributed by atoms with E-state index in [1.54, 1.807) is 4.90 Å². The van der Waals surface area contributed by atoms with Crippen molar-refractivity contribution in [1.82, 2.24) is 14.9 Å². The van der Waals surface area contributed by atoms with E-state index < -0.39 is 0 Å². The first kappa shape index (κ1) is 20.9. The zero-order chi connectivity index (χ0) is 21.8. The number of fused-ring (bicyclic) bond motifs is 1. The summed E-state index contributed by atoms with van der Waals surface area (Å²) in [4.78, 5) is 31.5. The molecule has 1 aliphatic heterocycles. The molecule has 1 N–H and O–H groups in total. The first-order valence-corrected chi connectivity index (χ1v) is 10.8. The van der Waals surface area contributed by atoms with Gasteiger partial charge in [-0.1, -0.05) is 24.3 Å². The lowest BCUT2D eigenvalue weighted by atomic mass is 10.1. The molecule has 1 fully saturated rings. The quantitative estimate of drug-likeness (QED) is 0.568. The number of para-hydroxylation sites is 4. The fourth-order valence-corrected chi connectivity index (χ4v) is 4.15. The Hall–Kier alpha value is -3.35. The van der Waals surface area contributed by atoms with Gasteiger partial charge in [0.2, 0.25) is 11.8 Å². The summed E-state index contributed by atoms with van der Waals surface area (Å²) < 4.78 is 7.82. The van der Waals surface area contributed by atoms with Gasteiger partial charge in [0.15, 0.2) is 0 Å². The Bertz CT molecular complexity index is 1090. The molecule has 2 amide bonds. The predicted molar refractivity (Wildman–Crippen MR) is 120 cm³/mol. The number of nitrogens with zero attached hydrogens (tertiary/aromatic N) is 3. The van der Waals surface area contributed by atoms with Crippen LogP contribution in [0.1, 0.15) is 25.6 Å². The Morgan fingerprint density at radius 2 is 1.97 bits per heavy atom. The number of benzene rings is 2. The van der Waals surface area contributed by atoms with Crippen LogP contribution in [0, 0.1) is 12.8 Å². The van der Waals surface area contributed by atoms with Gasteiger partial charge in [0.1, 0.15) is 11.6 Å². The summed E-state index contributed by atoms with van der Waals surface area (Å²) in [7, 11) is 0. The Kier molecular flexibility index (Phi) is 6.21. The lowest BCUT2D eigenvalue weighted by molar-refractivity contribution is -0.126. The molecule has 3 aromatic rings. The van der Waals surface area contributed by atoms with E-state index in [2.05, 4.69) is 20.9 Å². The molecule has 7 heteroatoms. The number of hydrogen-bond acceptors (Lipinski definition) is 4. The summed E-state index contributed by atoms with van der Waals surface area (Å²) in [6, 6.07) is 15.5. The Balaban J connectivity index is 1.32. The molecule has 1 unspecified atom stereocenters. The van der Waals surface area contributed by atoms with Crippen LogP contribution < -0.4 is 15.0 Å². The summed E-state index contributed by atoms with van der Waals surface area (Å²) in [5, 5.41) is 3.00. The minimum absolute atomic E-state index is 0.0483. The van der Waals surface area contributed by atoms with Gasteiger partial charge in [0.05, 0.1) is 29.2 Å². The van der Waals surface area contributed by atoms with Crippen molar-refractivity contribution in [2.45, 2.75) is 33.2 Å². The lowest BCUT2D eigenvalue weighted by Gasteiger charge is -2.20. The minimum Gasteiger partial charge on any atom is -0.492 e. The number of imidazole rings is 1. The van der Waals surface area contributed by atoms with Gasteiger partial charge in [0, 0.05) is 26.1 Å². The van der Waals surface area contributed by atoms with Gasteiger partial charge in [0.25, 0.3) is 0 Å². The van der Waals surface area contributed by atoms with Gasteiger partial charge in [-0.2, -0.15) is 0 Å². The monoisotopic (exact) mass is 420 g/mol. The maximum absolute atomic E-state index is 12.7. The third-order valence-corrected chi connectivity index (χ3v) is 5.65. The zero-order valence-corrected chi connectivity index (χ0v) is 18.0. The topological polar surface area (TPSA) is 76.5 Å². The molecule has 4 rings (SSSR count). The molecule has 7 nitrogen and oxygen atoms in total. The molecule has 0 aliphatic carbocycles. The largest absolute Gasteiger partial charge is 0.492 e. The Morgan fingerprint density at radius 3 is 2.81 bits per heavy atom. The Morgan fingerprint density at radius 1 is 1.19 bits per heavy atom. The third-order valence-electron chi connectivity index (χ3n) is 5.65. The van der Waals surface area contributed by atoms with Crippen molar-refractivity contribution in [2.24, 2.45) is 5.92 Å². The lowest BCUT2D eigenvalue weighted by Crippen LogP contribution is -2.34. The van der Waals surface area contributed by atoms with E-state index in [0.717, 1.165) is 35.5 Å². The van der Waals surface area contributed by atoms with Crippen LogP contribution in [0.15, 0.2) is 48.5 Å². The molecular weight excluding hydrogens is 392 g/mol. The van der Waals surface area contributed by atoms with Crippen LogP contribution in [-0.2, 0) is 16.1 Å². The average Bonchev–Trinajstić information content (AvgIpc) is 3.31. The van der Waals surface area contributed by atoms with Crippen molar-refractivity contribution >= 4 is 28.5 Å². The summed E-state index contributed by atoms with van der Waals surface area (Å²) in [5.74, 6) is 1.17. The highest BCUT2D eigenvalue weighted by molar-refractivity contribution is 6.01. The second kappa shape index (κ2) is 9.20. The summed E-state index contributed by atoms with van der Waals surface area (Å²) in [6.07, 6.45) is 1.02. The normalized spacial score (nSPS) is 16.1. The van der Waals surface area contributed by atoms with Crippen LogP contribution >= 0.6 is 0 Å². The number of aromatic nitrogens is 2. The van der Waals surface area contributed by atoms with Crippen LogP contribution in [0.2, 0.25) is 0 Å². The van der Waals surface area contributed by atoms with E-state index in [-0.39, 0.29) is 24.2 Å². The van der Waals surface area contributed by atoms with Crippen molar-refractivity contribution in [2.75, 3.05) is 24.6 Å². The molecule has 1 aromatic heterocycles. The van der Waals surface area contributed by atoms with E-state index in [1.165, 1.54) is 0 Å². The van der Waals surface area contributed by atoms with Crippen LogP contribution in [0.5, 0.6) is 5.75 Å². The van der Waals surface area contributed by atoms with Crippen LogP contribution in [-0.4, -0.2) is 41.1 Å². The number of anilines is 1. The van der Waals surface area contributed by atoms with Crippen LogP contribution in [0.25, 0.3) is 11.0 Å². The van der Waals surface area contributed by atoms with E-state index in [1.807, 2.05) is 56.3 Å². The fourth-order valence-electron chi connectivity index (χ4n) is 4.15. The standard InChI is InChI=1S/C24H28N4O3/c1-3-31-22-12-7-6-11-21(22)28-16-18(15-23(28)29)24(30)25-13-8-14-27-17(2)26-19-9-4-5-10-20(19)27/h4-7,9-12,18H,3,8,13-16H2,1-2H3,(H,25,30). The maximum atomic E-state index is 12.7. The van der Waals surface area contributed by atoms with E-state index in [4.69, 9.17) is 4.74 Å². The van der Waals surface area contributed by atoms with Gasteiger partial charge in [-0.3, -0.25) is 9.59 Å². The SMILES string of the molecule is CCOc1ccccc1N1CC(C(=O)NCCCn2c(C)nc3ccccc32)CC1=O. The highest BCUT2D eigenvalue weighted by Crippen LogP contribution is 2.33. The predicted octanol–water partition coefficient (Wildman–Crippen LogP) is 3.30. The number of amides is 2. The first-order chi connectivity index (χ1) is 15.1. The summed E-state index contributed by atoms with van der Waals surface area (Å²) >= 11 is 0. The molecular formula is C24H28N4O3. The molecule has 1 aliphatic rings. The number of ether oxygens (including phenoxy) is 1. The molecule has 1 saturated heterocycles. The molecule has 0 radical (unpaired) electrons. The van der Waals surface area contributed by atoms with Gasteiger partial charge < -0.3 is 19.5 Å². The number of carbonyl (C=O) groups excluding carboxylic acids is 2. The zero-order valence-electron chi connectivity index (χ0n) is 18.0. The van der Waals surface area contributed by atoms with Crippen molar-refractivity contribution in [3.8, 4) is 5.75 Å². The highest BCUT2D eigenvalue weighted by atomic mass is 16.5. The van der Waals surface area contributed by atoms with E-state index in [9.17, 15) is 9.59 Å². The molecule has 0 spiro atoms. The third kappa shape index (κ3) is 4.40. The second-order valence-corrected chi connectivity index (χ2v) is 7.75. The van der Waals surface area contributed by atoms with Crippen molar-refractivity contribution in [3.05, 3.63) is 54.4 Å². The molecule has 2 aromatic carbocycles. The minimum atomic E-state index is -0.349. The van der Waals surface area contributed by atoms with Crippen molar-refractivity contribution in [1.29, 1.82) is 0 Å². The van der Waals surface area contributed by atoms with Crippen molar-refractivity contribution in [3.63, 3.8) is 0 Å². The Labute approximate surface area is 182 Å². The van der Waals surface area contributed by atoms with Crippen LogP contribution in [0.4, 0.5) is 5.69 Å². The number of hydrogen-bond donors (Lipinski definition) is 1. The molecule has 0 saturated carbocycles. The van der Waals surface area contributed by atoms with Crippen molar-refractivity contribution < 1.29 is 14.3 Å². The van der Waals surface area contributed by atoms with E-state index in [0.29, 0.717) is 25.4 Å². The number of nitrogens with one attached hydrogen (secondary N) is 1. The average molecular weight is 421 g/mol. The first-order valence-electron chi connectivity index (χ1n) is 10.8. The van der Waals surface area contributed by atoms with Gasteiger partial charge in [-0.15, -0.1) is 0 Å². The summed E-state index contributed by atoms with van der Waals surface area (Å²) in [5.41, 5.74) is 2.82. The van der Waals surface area contributed by atoms with Gasteiger partial charge >= 0.3 is 0 Å². The van der Waals surface area contributed by atoms with Gasteiger partial charge in [-0.25, -0.2) is 4.98 Å². The number of aryl methyl sites for hydroxylation is 2.